The van der Waals surface area contributed by atoms with E-state index in [-0.39, 0.29) is 6.03 Å². The fourth-order valence-electron chi connectivity index (χ4n) is 1.46. The Morgan fingerprint density at radius 2 is 2.31 bits per heavy atom. The number of carbonyl (C=O) groups excluding carboxylic acids is 1. The fourth-order valence-corrected chi connectivity index (χ4v) is 1.46. The molecule has 1 saturated heterocycles. The summed E-state index contributed by atoms with van der Waals surface area (Å²) in [6, 6.07) is -0.0632. The van der Waals surface area contributed by atoms with Crippen molar-refractivity contribution >= 4 is 6.03 Å². The Morgan fingerprint density at radius 3 is 3.00 bits per heavy atom. The third-order valence-corrected chi connectivity index (χ3v) is 2.33. The number of nitrogens with zero attached hydrogens (tertiary/aromatic N) is 3. The summed E-state index contributed by atoms with van der Waals surface area (Å²) in [4.78, 5) is 17.2. The molecule has 0 bridgehead atoms. The molecule has 1 N–H and O–H groups in total. The van der Waals surface area contributed by atoms with Crippen LogP contribution in [0, 0.1) is 0 Å². The number of hydrogen-bond donors (Lipinski definition) is 1. The van der Waals surface area contributed by atoms with Crippen LogP contribution in [0.25, 0.3) is 0 Å². The molecule has 0 aliphatic carbocycles. The molecule has 0 spiro atoms. The van der Waals surface area contributed by atoms with Gasteiger partial charge in [0.1, 0.15) is 0 Å². The zero-order chi connectivity index (χ0) is 11.2. The Kier molecular flexibility index (Phi) is 3.71. The summed E-state index contributed by atoms with van der Waals surface area (Å²) in [5.74, 6) is 0.599. The van der Waals surface area contributed by atoms with Gasteiger partial charge in [-0.05, 0) is 0 Å². The molecule has 1 fully saturated rings. The van der Waals surface area contributed by atoms with Crippen molar-refractivity contribution in [3.8, 4) is 0 Å². The van der Waals surface area contributed by atoms with E-state index in [2.05, 4.69) is 20.0 Å². The van der Waals surface area contributed by atoms with Gasteiger partial charge in [-0.2, -0.15) is 4.98 Å². The summed E-state index contributed by atoms with van der Waals surface area (Å²) in [5.41, 5.74) is 0. The Hall–Kier alpha value is -1.63. The van der Waals surface area contributed by atoms with E-state index in [4.69, 9.17) is 4.74 Å². The summed E-state index contributed by atoms with van der Waals surface area (Å²) >= 11 is 0. The molecule has 7 nitrogen and oxygen atoms in total. The Balaban J connectivity index is 1.67. The molecule has 16 heavy (non-hydrogen) atoms. The Labute approximate surface area is 92.7 Å². The van der Waals surface area contributed by atoms with E-state index in [1.54, 1.807) is 4.90 Å². The largest absolute Gasteiger partial charge is 0.378 e. The van der Waals surface area contributed by atoms with Crippen molar-refractivity contribution < 1.29 is 14.1 Å². The smallest absolute Gasteiger partial charge is 0.317 e. The van der Waals surface area contributed by atoms with Crippen LogP contribution in [0.2, 0.25) is 0 Å². The van der Waals surface area contributed by atoms with Crippen molar-refractivity contribution in [3.05, 3.63) is 12.2 Å². The highest BCUT2D eigenvalue weighted by molar-refractivity contribution is 5.74. The Morgan fingerprint density at radius 1 is 1.50 bits per heavy atom. The lowest BCUT2D eigenvalue weighted by molar-refractivity contribution is 0.0532. The van der Waals surface area contributed by atoms with Gasteiger partial charge in [-0.3, -0.25) is 0 Å². The third kappa shape index (κ3) is 2.93. The number of rotatable bonds is 3. The summed E-state index contributed by atoms with van der Waals surface area (Å²) in [6.45, 7) is 3.02. The SMILES string of the molecule is O=C(NCCc1ncon1)N1CCOCC1. The summed E-state index contributed by atoms with van der Waals surface area (Å²) in [6.07, 6.45) is 1.85. The number of morpholine rings is 1. The maximum Gasteiger partial charge on any atom is 0.317 e. The second-order valence-corrected chi connectivity index (χ2v) is 3.43. The molecular weight excluding hydrogens is 212 g/mol. The first-order valence-corrected chi connectivity index (χ1v) is 5.22. The van der Waals surface area contributed by atoms with E-state index < -0.39 is 0 Å². The monoisotopic (exact) mass is 226 g/mol. The van der Waals surface area contributed by atoms with Crippen molar-refractivity contribution in [1.82, 2.24) is 20.4 Å². The minimum Gasteiger partial charge on any atom is -0.378 e. The number of hydrogen-bond acceptors (Lipinski definition) is 5. The fraction of sp³-hybridized carbons (Fsp3) is 0.667. The maximum atomic E-state index is 11.6. The molecule has 2 rings (SSSR count). The molecule has 0 unspecified atom stereocenters. The summed E-state index contributed by atoms with van der Waals surface area (Å²) < 4.78 is 9.75. The predicted molar refractivity (Wildman–Crippen MR) is 53.8 cm³/mol. The number of aromatic nitrogens is 2. The van der Waals surface area contributed by atoms with E-state index >= 15 is 0 Å². The topological polar surface area (TPSA) is 80.5 Å². The average molecular weight is 226 g/mol. The van der Waals surface area contributed by atoms with E-state index in [0.717, 1.165) is 0 Å². The van der Waals surface area contributed by atoms with Crippen LogP contribution in [0.3, 0.4) is 0 Å². The van der Waals surface area contributed by atoms with Gasteiger partial charge in [0, 0.05) is 26.1 Å². The number of ether oxygens (including phenoxy) is 1. The van der Waals surface area contributed by atoms with Crippen LogP contribution < -0.4 is 5.32 Å². The van der Waals surface area contributed by atoms with Gasteiger partial charge in [0.15, 0.2) is 5.82 Å². The van der Waals surface area contributed by atoms with Gasteiger partial charge in [0.05, 0.1) is 13.2 Å². The van der Waals surface area contributed by atoms with Gasteiger partial charge in [0.25, 0.3) is 0 Å². The van der Waals surface area contributed by atoms with Crippen LogP contribution >= 0.6 is 0 Å². The zero-order valence-electron chi connectivity index (χ0n) is 8.89. The molecule has 1 aliphatic rings. The minimum atomic E-state index is -0.0632. The van der Waals surface area contributed by atoms with E-state index in [9.17, 15) is 4.79 Å². The number of carbonyl (C=O) groups is 1. The van der Waals surface area contributed by atoms with Gasteiger partial charge in [-0.25, -0.2) is 4.79 Å². The van der Waals surface area contributed by atoms with Crippen molar-refractivity contribution in [2.75, 3.05) is 32.8 Å². The van der Waals surface area contributed by atoms with E-state index in [1.807, 2.05) is 0 Å². The lowest BCUT2D eigenvalue weighted by Crippen LogP contribution is -2.46. The highest BCUT2D eigenvalue weighted by Gasteiger charge is 2.15. The van der Waals surface area contributed by atoms with Crippen LogP contribution in [0.4, 0.5) is 4.79 Å². The van der Waals surface area contributed by atoms with Crippen LogP contribution in [0.15, 0.2) is 10.9 Å². The molecule has 1 aromatic heterocycles. The normalized spacial score (nSPS) is 16.1. The van der Waals surface area contributed by atoms with Gasteiger partial charge in [-0.15, -0.1) is 0 Å². The molecule has 2 heterocycles. The van der Waals surface area contributed by atoms with E-state index in [1.165, 1.54) is 6.39 Å². The predicted octanol–water partition coefficient (Wildman–Crippen LogP) is -0.346. The summed E-state index contributed by atoms with van der Waals surface area (Å²) in [7, 11) is 0. The van der Waals surface area contributed by atoms with Crippen molar-refractivity contribution in [3.63, 3.8) is 0 Å². The third-order valence-electron chi connectivity index (χ3n) is 2.33. The molecule has 88 valence electrons. The second-order valence-electron chi connectivity index (χ2n) is 3.43. The van der Waals surface area contributed by atoms with Crippen molar-refractivity contribution in [2.24, 2.45) is 0 Å². The summed E-state index contributed by atoms with van der Waals surface area (Å²) in [5, 5.41) is 6.46. The average Bonchev–Trinajstić information content (AvgIpc) is 2.83. The quantitative estimate of drug-likeness (QED) is 0.762. The number of urea groups is 1. The van der Waals surface area contributed by atoms with Gasteiger partial charge < -0.3 is 19.5 Å². The van der Waals surface area contributed by atoms with Crippen molar-refractivity contribution in [2.45, 2.75) is 6.42 Å². The molecule has 0 atom stereocenters. The second kappa shape index (κ2) is 5.45. The lowest BCUT2D eigenvalue weighted by atomic mass is 10.4. The standard InChI is InChI=1S/C9H14N4O3/c14-9(13-3-5-15-6-4-13)10-2-1-8-11-7-16-12-8/h7H,1-6H2,(H,10,14). The van der Waals surface area contributed by atoms with Crippen LogP contribution in [-0.2, 0) is 11.2 Å². The molecule has 1 aliphatic heterocycles. The highest BCUT2D eigenvalue weighted by Crippen LogP contribution is 1.97. The number of nitrogens with one attached hydrogen (secondary N) is 1. The first-order chi connectivity index (χ1) is 7.86. The first-order valence-electron chi connectivity index (χ1n) is 5.22. The number of amides is 2. The molecule has 0 radical (unpaired) electrons. The van der Waals surface area contributed by atoms with E-state index in [0.29, 0.717) is 45.1 Å². The molecule has 1 aromatic rings. The minimum absolute atomic E-state index is 0.0632. The highest BCUT2D eigenvalue weighted by atomic mass is 16.5. The van der Waals surface area contributed by atoms with Crippen LogP contribution in [0.5, 0.6) is 0 Å². The van der Waals surface area contributed by atoms with Crippen molar-refractivity contribution in [1.29, 1.82) is 0 Å². The lowest BCUT2D eigenvalue weighted by Gasteiger charge is -2.26. The maximum absolute atomic E-state index is 11.6. The Bertz CT molecular complexity index is 322. The zero-order valence-corrected chi connectivity index (χ0v) is 8.89. The van der Waals surface area contributed by atoms with Gasteiger partial charge in [0.2, 0.25) is 6.39 Å². The molecule has 7 heteroatoms. The molecule has 2 amide bonds. The molecular formula is C9H14N4O3. The van der Waals surface area contributed by atoms with Crippen LogP contribution in [-0.4, -0.2) is 53.9 Å². The van der Waals surface area contributed by atoms with Crippen LogP contribution in [0.1, 0.15) is 5.82 Å². The van der Waals surface area contributed by atoms with Gasteiger partial charge in [-0.1, -0.05) is 5.16 Å². The molecule has 0 saturated carbocycles. The first kappa shape index (κ1) is 10.9. The van der Waals surface area contributed by atoms with Gasteiger partial charge >= 0.3 is 6.03 Å². The molecule has 0 aromatic carbocycles.